The molecule has 1 aliphatic rings. The van der Waals surface area contributed by atoms with Crippen LogP contribution in [0.1, 0.15) is 128 Å². The molecule has 0 aliphatic heterocycles. The lowest BCUT2D eigenvalue weighted by molar-refractivity contribution is 0.304. The van der Waals surface area contributed by atoms with Gasteiger partial charge in [0.05, 0.1) is 12.3 Å². The topological polar surface area (TPSA) is 22.1 Å². The number of hydrogen-bond donors (Lipinski definition) is 0. The van der Waals surface area contributed by atoms with E-state index in [4.69, 9.17) is 9.72 Å². The number of aryl methyl sites for hydroxylation is 1. The van der Waals surface area contributed by atoms with Crippen LogP contribution < -0.4 is 4.74 Å². The van der Waals surface area contributed by atoms with Crippen LogP contribution in [-0.2, 0) is 6.42 Å². The van der Waals surface area contributed by atoms with Crippen molar-refractivity contribution in [3.8, 4) is 17.0 Å². The number of unbranched alkanes of at least 4 members (excludes halogenated alkanes) is 13. The molecule has 2 nitrogen and oxygen atoms in total. The molecule has 0 atom stereocenters. The molecule has 1 aromatic carbocycles. The molecular weight excluding hydrogens is 426 g/mol. The largest absolute Gasteiger partial charge is 0.494 e. The summed E-state index contributed by atoms with van der Waals surface area (Å²) in [6.07, 6.45) is 28.2. The third-order valence-electron chi connectivity index (χ3n) is 7.52. The Morgan fingerprint density at radius 3 is 1.94 bits per heavy atom. The molecule has 35 heavy (non-hydrogen) atoms. The van der Waals surface area contributed by atoms with Gasteiger partial charge < -0.3 is 4.74 Å². The number of benzene rings is 1. The highest BCUT2D eigenvalue weighted by Gasteiger charge is 2.19. The van der Waals surface area contributed by atoms with Gasteiger partial charge in [-0.15, -0.1) is 0 Å². The van der Waals surface area contributed by atoms with Crippen molar-refractivity contribution in [3.05, 3.63) is 48.2 Å². The Labute approximate surface area is 216 Å². The predicted octanol–water partition coefficient (Wildman–Crippen LogP) is 10.3. The van der Waals surface area contributed by atoms with Crippen LogP contribution in [0.15, 0.2) is 42.6 Å². The Hall–Kier alpha value is -1.83. The summed E-state index contributed by atoms with van der Waals surface area (Å²) < 4.78 is 5.97. The van der Waals surface area contributed by atoms with Gasteiger partial charge >= 0.3 is 0 Å². The van der Waals surface area contributed by atoms with Gasteiger partial charge in [0.15, 0.2) is 0 Å². The SMILES string of the molecule is CCCCCCCCc1ccc(-c2ccc(OCCCCCCCCCCCC3CC3)cc2)nc1. The molecule has 2 aromatic rings. The van der Waals surface area contributed by atoms with Crippen LogP contribution in [0, 0.1) is 5.92 Å². The van der Waals surface area contributed by atoms with Crippen LogP contribution in [0.3, 0.4) is 0 Å². The fraction of sp³-hybridized carbons (Fsp3) is 0.667. The molecule has 1 aliphatic carbocycles. The van der Waals surface area contributed by atoms with Gasteiger partial charge in [-0.05, 0) is 61.1 Å². The quantitative estimate of drug-likeness (QED) is 0.167. The van der Waals surface area contributed by atoms with Crippen molar-refractivity contribution in [2.75, 3.05) is 6.61 Å². The number of hydrogen-bond acceptors (Lipinski definition) is 2. The molecule has 0 bridgehead atoms. The van der Waals surface area contributed by atoms with E-state index in [1.54, 1.807) is 0 Å². The first-order valence-corrected chi connectivity index (χ1v) is 15.0. The smallest absolute Gasteiger partial charge is 0.119 e. The molecule has 3 rings (SSSR count). The molecule has 0 amide bonds. The van der Waals surface area contributed by atoms with Crippen molar-refractivity contribution in [3.63, 3.8) is 0 Å². The van der Waals surface area contributed by atoms with Crippen molar-refractivity contribution >= 4 is 0 Å². The van der Waals surface area contributed by atoms with Crippen molar-refractivity contribution in [2.24, 2.45) is 5.92 Å². The van der Waals surface area contributed by atoms with Crippen molar-refractivity contribution in [1.82, 2.24) is 4.98 Å². The summed E-state index contributed by atoms with van der Waals surface area (Å²) in [6, 6.07) is 12.9. The van der Waals surface area contributed by atoms with Gasteiger partial charge in [0.25, 0.3) is 0 Å². The van der Waals surface area contributed by atoms with Crippen LogP contribution in [0.4, 0.5) is 0 Å². The first kappa shape index (κ1) is 27.8. The molecule has 0 radical (unpaired) electrons. The van der Waals surface area contributed by atoms with Gasteiger partial charge in [0.1, 0.15) is 5.75 Å². The summed E-state index contributed by atoms with van der Waals surface area (Å²) in [5, 5.41) is 0. The van der Waals surface area contributed by atoms with Gasteiger partial charge in [0.2, 0.25) is 0 Å². The molecule has 0 saturated heterocycles. The molecule has 0 unspecified atom stereocenters. The molecule has 1 fully saturated rings. The van der Waals surface area contributed by atoms with Gasteiger partial charge in [-0.1, -0.05) is 116 Å². The van der Waals surface area contributed by atoms with E-state index in [0.717, 1.165) is 42.4 Å². The standard InChI is InChI=1S/C33H51NO/c1-2-3-4-5-11-15-18-30-21-26-33(34-28-30)31-22-24-32(25-23-31)35-27-16-13-10-8-6-7-9-12-14-17-29-19-20-29/h21-26,28-29H,2-20,27H2,1H3. The van der Waals surface area contributed by atoms with Crippen LogP contribution >= 0.6 is 0 Å². The second-order valence-corrected chi connectivity index (χ2v) is 10.9. The Morgan fingerprint density at radius 2 is 1.31 bits per heavy atom. The third-order valence-corrected chi connectivity index (χ3v) is 7.52. The fourth-order valence-corrected chi connectivity index (χ4v) is 4.94. The van der Waals surface area contributed by atoms with E-state index in [-0.39, 0.29) is 0 Å². The van der Waals surface area contributed by atoms with E-state index >= 15 is 0 Å². The van der Waals surface area contributed by atoms with Crippen LogP contribution in [0.25, 0.3) is 11.3 Å². The second-order valence-electron chi connectivity index (χ2n) is 10.9. The monoisotopic (exact) mass is 477 g/mol. The molecule has 2 heteroatoms. The number of nitrogens with zero attached hydrogens (tertiary/aromatic N) is 1. The number of ether oxygens (including phenoxy) is 1. The Kier molecular flexibility index (Phi) is 13.9. The average Bonchev–Trinajstić information content (AvgIpc) is 3.72. The minimum atomic E-state index is 0.825. The molecule has 0 spiro atoms. The summed E-state index contributed by atoms with van der Waals surface area (Å²) in [4.78, 5) is 4.71. The van der Waals surface area contributed by atoms with E-state index in [1.807, 2.05) is 0 Å². The third kappa shape index (κ3) is 12.6. The van der Waals surface area contributed by atoms with Crippen molar-refractivity contribution < 1.29 is 4.74 Å². The molecular formula is C33H51NO. The lowest BCUT2D eigenvalue weighted by Crippen LogP contribution is -1.97. The Bertz CT molecular complexity index is 763. The van der Waals surface area contributed by atoms with Gasteiger partial charge in [-0.2, -0.15) is 0 Å². The lowest BCUT2D eigenvalue weighted by atomic mass is 10.0. The zero-order chi connectivity index (χ0) is 24.4. The fourth-order valence-electron chi connectivity index (χ4n) is 4.94. The minimum Gasteiger partial charge on any atom is -0.494 e. The van der Waals surface area contributed by atoms with E-state index in [0.29, 0.717) is 0 Å². The highest BCUT2D eigenvalue weighted by Crippen LogP contribution is 2.34. The lowest BCUT2D eigenvalue weighted by Gasteiger charge is -2.08. The number of aromatic nitrogens is 1. The summed E-state index contributed by atoms with van der Waals surface area (Å²) in [5.74, 6) is 2.09. The summed E-state index contributed by atoms with van der Waals surface area (Å²) >= 11 is 0. The van der Waals surface area contributed by atoms with E-state index in [9.17, 15) is 0 Å². The van der Waals surface area contributed by atoms with E-state index in [1.165, 1.54) is 115 Å². The Morgan fingerprint density at radius 1 is 0.686 bits per heavy atom. The van der Waals surface area contributed by atoms with E-state index in [2.05, 4.69) is 49.5 Å². The van der Waals surface area contributed by atoms with Crippen LogP contribution in [0.2, 0.25) is 0 Å². The first-order valence-electron chi connectivity index (χ1n) is 15.0. The maximum atomic E-state index is 5.97. The maximum Gasteiger partial charge on any atom is 0.119 e. The highest BCUT2D eigenvalue weighted by molar-refractivity contribution is 5.60. The van der Waals surface area contributed by atoms with Gasteiger partial charge in [-0.3, -0.25) is 4.98 Å². The van der Waals surface area contributed by atoms with Crippen molar-refractivity contribution in [2.45, 2.75) is 129 Å². The Balaban J connectivity index is 1.19. The first-order chi connectivity index (χ1) is 17.3. The normalized spacial score (nSPS) is 13.3. The number of rotatable bonds is 21. The molecule has 1 heterocycles. The zero-order valence-corrected chi connectivity index (χ0v) is 22.6. The minimum absolute atomic E-state index is 0.825. The van der Waals surface area contributed by atoms with Gasteiger partial charge in [-0.25, -0.2) is 0 Å². The predicted molar refractivity (Wildman–Crippen MR) is 151 cm³/mol. The number of pyridine rings is 1. The summed E-state index contributed by atoms with van der Waals surface area (Å²) in [5.41, 5.74) is 3.57. The van der Waals surface area contributed by atoms with Crippen LogP contribution in [-0.4, -0.2) is 11.6 Å². The van der Waals surface area contributed by atoms with Crippen LogP contribution in [0.5, 0.6) is 5.75 Å². The summed E-state index contributed by atoms with van der Waals surface area (Å²) in [6.45, 7) is 3.10. The summed E-state index contributed by atoms with van der Waals surface area (Å²) in [7, 11) is 0. The molecule has 1 aromatic heterocycles. The molecule has 1 saturated carbocycles. The highest BCUT2D eigenvalue weighted by atomic mass is 16.5. The van der Waals surface area contributed by atoms with Gasteiger partial charge in [0, 0.05) is 11.8 Å². The zero-order valence-electron chi connectivity index (χ0n) is 22.6. The van der Waals surface area contributed by atoms with E-state index < -0.39 is 0 Å². The van der Waals surface area contributed by atoms with Crippen molar-refractivity contribution in [1.29, 1.82) is 0 Å². The average molecular weight is 478 g/mol. The molecule has 0 N–H and O–H groups in total. The maximum absolute atomic E-state index is 5.97. The second kappa shape index (κ2) is 17.6. The molecule has 194 valence electrons.